The molecule has 0 aromatic heterocycles. The number of amides is 3. The van der Waals surface area contributed by atoms with Crippen LogP contribution in [0.15, 0.2) is 4.99 Å². The van der Waals surface area contributed by atoms with Crippen molar-refractivity contribution in [2.24, 2.45) is 34.0 Å². The lowest BCUT2D eigenvalue weighted by molar-refractivity contribution is -0.143. The molecule has 0 heterocycles. The van der Waals surface area contributed by atoms with E-state index in [-0.39, 0.29) is 30.0 Å². The van der Waals surface area contributed by atoms with E-state index in [1.165, 1.54) is 0 Å². The van der Waals surface area contributed by atoms with Crippen molar-refractivity contribution in [2.75, 3.05) is 12.3 Å². The number of carbonyl (C=O) groups is 4. The molecule has 12 nitrogen and oxygen atoms in total. The molecule has 4 unspecified atom stereocenters. The van der Waals surface area contributed by atoms with Gasteiger partial charge in [0.25, 0.3) is 0 Å². The number of carboxylic acids is 1. The van der Waals surface area contributed by atoms with E-state index in [0.717, 1.165) is 0 Å². The van der Waals surface area contributed by atoms with Gasteiger partial charge in [-0.05, 0) is 31.1 Å². The second-order valence-corrected chi connectivity index (χ2v) is 8.92. The Balaban J connectivity index is 5.12. The van der Waals surface area contributed by atoms with E-state index in [9.17, 15) is 24.3 Å². The average molecular weight is 490 g/mol. The summed E-state index contributed by atoms with van der Waals surface area (Å²) in [5, 5.41) is 16.9. The lowest BCUT2D eigenvalue weighted by Gasteiger charge is -2.26. The van der Waals surface area contributed by atoms with Crippen molar-refractivity contribution >= 4 is 42.3 Å². The molecule has 0 radical (unpaired) electrons. The molecule has 0 aromatic rings. The van der Waals surface area contributed by atoms with E-state index < -0.39 is 47.9 Å². The summed E-state index contributed by atoms with van der Waals surface area (Å²) < 4.78 is 0. The maximum Gasteiger partial charge on any atom is 0.326 e. The van der Waals surface area contributed by atoms with E-state index in [1.54, 1.807) is 13.8 Å². The molecule has 33 heavy (non-hydrogen) atoms. The highest BCUT2D eigenvalue weighted by Crippen LogP contribution is 2.09. The smallest absolute Gasteiger partial charge is 0.326 e. The van der Waals surface area contributed by atoms with Crippen molar-refractivity contribution in [1.82, 2.24) is 16.0 Å². The molecule has 0 saturated carbocycles. The minimum absolute atomic E-state index is 0.0297. The van der Waals surface area contributed by atoms with Crippen LogP contribution in [0.2, 0.25) is 0 Å². The van der Waals surface area contributed by atoms with Crippen molar-refractivity contribution in [3.8, 4) is 0 Å². The first-order valence-electron chi connectivity index (χ1n) is 10.9. The Hall–Kier alpha value is -2.54. The molecule has 4 atom stereocenters. The highest BCUT2D eigenvalue weighted by Gasteiger charge is 2.31. The number of hydrogen-bond acceptors (Lipinski definition) is 7. The van der Waals surface area contributed by atoms with Crippen LogP contribution < -0.4 is 33.2 Å². The number of carbonyl (C=O) groups excluding carboxylic acids is 3. The zero-order chi connectivity index (χ0) is 25.7. The van der Waals surface area contributed by atoms with E-state index in [0.29, 0.717) is 19.4 Å². The van der Waals surface area contributed by atoms with Crippen molar-refractivity contribution < 1.29 is 24.3 Å². The number of aliphatic imine (C=N–C) groups is 1. The van der Waals surface area contributed by atoms with Gasteiger partial charge in [0, 0.05) is 12.3 Å². The van der Waals surface area contributed by atoms with Crippen LogP contribution in [0, 0.1) is 11.8 Å². The Morgan fingerprint density at radius 3 is 1.94 bits per heavy atom. The van der Waals surface area contributed by atoms with Crippen LogP contribution in [0.3, 0.4) is 0 Å². The summed E-state index contributed by atoms with van der Waals surface area (Å²) in [4.78, 5) is 53.1. The standard InChI is InChI=1S/C20H39N7O5S/c1-10(2)8-13(17(29)27-15(11(3)4)19(31)32)25-18(30)14(9-33)26-16(28)12(21)6-5-7-24-20(22)23/h10-15,33H,5-9,21H2,1-4H3,(H,25,30)(H,26,28)(H,27,29)(H,31,32)(H4,22,23,24). The monoisotopic (exact) mass is 489 g/mol. The van der Waals surface area contributed by atoms with Crippen LogP contribution in [0.1, 0.15) is 47.0 Å². The van der Waals surface area contributed by atoms with Gasteiger partial charge >= 0.3 is 5.97 Å². The molecule has 0 aliphatic rings. The third-order valence-corrected chi connectivity index (χ3v) is 5.06. The molecule has 0 spiro atoms. The lowest BCUT2D eigenvalue weighted by atomic mass is 10.00. The molecule has 0 fully saturated rings. The predicted octanol–water partition coefficient (Wildman–Crippen LogP) is -1.46. The molecular weight excluding hydrogens is 450 g/mol. The zero-order valence-electron chi connectivity index (χ0n) is 19.7. The summed E-state index contributed by atoms with van der Waals surface area (Å²) in [7, 11) is 0. The third kappa shape index (κ3) is 12.3. The minimum atomic E-state index is -1.16. The average Bonchev–Trinajstić information content (AvgIpc) is 2.70. The molecule has 10 N–H and O–H groups in total. The predicted molar refractivity (Wildman–Crippen MR) is 129 cm³/mol. The second-order valence-electron chi connectivity index (χ2n) is 8.56. The Morgan fingerprint density at radius 2 is 1.48 bits per heavy atom. The lowest BCUT2D eigenvalue weighted by Crippen LogP contribution is -2.58. The largest absolute Gasteiger partial charge is 0.480 e. The molecule has 0 aliphatic heterocycles. The van der Waals surface area contributed by atoms with Crippen LogP contribution >= 0.6 is 12.6 Å². The van der Waals surface area contributed by atoms with Crippen LogP contribution in [0.25, 0.3) is 0 Å². The van der Waals surface area contributed by atoms with Crippen molar-refractivity contribution in [1.29, 1.82) is 0 Å². The van der Waals surface area contributed by atoms with Gasteiger partial charge in [-0.15, -0.1) is 0 Å². The number of nitrogens with one attached hydrogen (secondary N) is 3. The first-order chi connectivity index (χ1) is 15.3. The number of nitrogens with zero attached hydrogens (tertiary/aromatic N) is 1. The van der Waals surface area contributed by atoms with Crippen molar-refractivity contribution in [2.45, 2.75) is 71.1 Å². The summed E-state index contributed by atoms with van der Waals surface area (Å²) in [6.07, 6.45) is 1.05. The van der Waals surface area contributed by atoms with Crippen LogP contribution in [-0.4, -0.2) is 71.2 Å². The van der Waals surface area contributed by atoms with Crippen molar-refractivity contribution in [3.05, 3.63) is 0 Å². The summed E-state index contributed by atoms with van der Waals surface area (Å²) in [5.74, 6) is -3.35. The SMILES string of the molecule is CC(C)CC(NC(=O)C(CS)NC(=O)C(N)CCCN=C(N)N)C(=O)NC(C(=O)O)C(C)C. The molecule has 3 amide bonds. The number of carboxylic acid groups (broad SMARTS) is 1. The fraction of sp³-hybridized carbons (Fsp3) is 0.750. The molecule has 13 heteroatoms. The van der Waals surface area contributed by atoms with E-state index in [1.807, 2.05) is 13.8 Å². The maximum atomic E-state index is 12.8. The van der Waals surface area contributed by atoms with Crippen LogP contribution in [-0.2, 0) is 19.2 Å². The first kappa shape index (κ1) is 30.5. The second kappa shape index (κ2) is 15.3. The Kier molecular flexibility index (Phi) is 14.1. The van der Waals surface area contributed by atoms with Gasteiger partial charge in [0.05, 0.1) is 6.04 Å². The molecular formula is C20H39N7O5S. The van der Waals surface area contributed by atoms with Gasteiger partial charge in [-0.1, -0.05) is 27.7 Å². The van der Waals surface area contributed by atoms with E-state index in [2.05, 4.69) is 33.6 Å². The summed E-state index contributed by atoms with van der Waals surface area (Å²) in [6, 6.07) is -3.99. The molecule has 0 rings (SSSR count). The Morgan fingerprint density at radius 1 is 0.939 bits per heavy atom. The normalized spacial score (nSPS) is 14.7. The molecule has 0 saturated heterocycles. The number of hydrogen-bond donors (Lipinski definition) is 8. The molecule has 0 aromatic carbocycles. The molecule has 0 bridgehead atoms. The van der Waals surface area contributed by atoms with Gasteiger partial charge in [0.15, 0.2) is 5.96 Å². The topological polar surface area (TPSA) is 215 Å². The quantitative estimate of drug-likeness (QED) is 0.0587. The minimum Gasteiger partial charge on any atom is -0.480 e. The fourth-order valence-electron chi connectivity index (χ4n) is 2.87. The number of nitrogens with two attached hydrogens (primary N) is 3. The van der Waals surface area contributed by atoms with Crippen LogP contribution in [0.4, 0.5) is 0 Å². The summed E-state index contributed by atoms with van der Waals surface area (Å²) in [6.45, 7) is 7.38. The molecule has 190 valence electrons. The summed E-state index contributed by atoms with van der Waals surface area (Å²) in [5.41, 5.74) is 16.3. The van der Waals surface area contributed by atoms with Gasteiger partial charge in [-0.3, -0.25) is 19.4 Å². The number of aliphatic carboxylic acids is 1. The number of rotatable bonds is 15. The van der Waals surface area contributed by atoms with Gasteiger partial charge in [-0.25, -0.2) is 4.79 Å². The highest BCUT2D eigenvalue weighted by molar-refractivity contribution is 7.80. The summed E-state index contributed by atoms with van der Waals surface area (Å²) >= 11 is 4.12. The van der Waals surface area contributed by atoms with Gasteiger partial charge in [0.1, 0.15) is 18.1 Å². The van der Waals surface area contributed by atoms with Gasteiger partial charge < -0.3 is 38.3 Å². The number of thiol groups is 1. The van der Waals surface area contributed by atoms with E-state index in [4.69, 9.17) is 17.2 Å². The van der Waals surface area contributed by atoms with Gasteiger partial charge in [-0.2, -0.15) is 12.6 Å². The third-order valence-electron chi connectivity index (χ3n) is 4.69. The van der Waals surface area contributed by atoms with E-state index >= 15 is 0 Å². The Bertz CT molecular complexity index is 698. The van der Waals surface area contributed by atoms with Crippen LogP contribution in [0.5, 0.6) is 0 Å². The maximum absolute atomic E-state index is 12.8. The highest BCUT2D eigenvalue weighted by atomic mass is 32.1. The fourth-order valence-corrected chi connectivity index (χ4v) is 3.12. The zero-order valence-corrected chi connectivity index (χ0v) is 20.6. The molecule has 0 aliphatic carbocycles. The van der Waals surface area contributed by atoms with Crippen molar-refractivity contribution in [3.63, 3.8) is 0 Å². The van der Waals surface area contributed by atoms with Gasteiger partial charge in [0.2, 0.25) is 17.7 Å². The number of guanidine groups is 1. The first-order valence-corrected chi connectivity index (χ1v) is 11.5. The Labute approximate surface area is 200 Å².